The van der Waals surface area contributed by atoms with E-state index in [9.17, 15) is 14.4 Å². The van der Waals surface area contributed by atoms with Crippen molar-refractivity contribution in [2.45, 2.75) is 19.9 Å². The Morgan fingerprint density at radius 3 is 2.86 bits per heavy atom. The monoisotopic (exact) mass is 310 g/mol. The Hall–Kier alpha value is -2.08. The largest absolute Gasteiger partial charge is 0.483 e. The molecule has 1 aliphatic rings. The Balaban J connectivity index is 2.01. The van der Waals surface area contributed by atoms with Crippen LogP contribution in [0.15, 0.2) is 18.2 Å². The van der Waals surface area contributed by atoms with Crippen LogP contribution >= 0.6 is 11.6 Å². The third-order valence-corrected chi connectivity index (χ3v) is 3.47. The zero-order chi connectivity index (χ0) is 15.6. The minimum absolute atomic E-state index is 0.144. The summed E-state index contributed by atoms with van der Waals surface area (Å²) in [6.45, 7) is 2.99. The van der Waals surface area contributed by atoms with Gasteiger partial charge in [0.25, 0.3) is 5.91 Å². The van der Waals surface area contributed by atoms with Crippen LogP contribution in [-0.2, 0) is 14.4 Å². The van der Waals surface area contributed by atoms with Crippen molar-refractivity contribution < 1.29 is 19.1 Å². The summed E-state index contributed by atoms with van der Waals surface area (Å²) in [5, 5.41) is 2.76. The van der Waals surface area contributed by atoms with Crippen molar-refractivity contribution in [3.63, 3.8) is 0 Å². The normalized spacial score (nSPS) is 18.4. The number of hydrogen-bond donors (Lipinski definition) is 1. The summed E-state index contributed by atoms with van der Waals surface area (Å²) in [6.07, 6.45) is 0. The van der Waals surface area contributed by atoms with Gasteiger partial charge in [0, 0.05) is 5.02 Å². The number of rotatable bonds is 3. The highest BCUT2D eigenvalue weighted by molar-refractivity contribution is 6.30. The highest BCUT2D eigenvalue weighted by Crippen LogP contribution is 2.21. The van der Waals surface area contributed by atoms with Gasteiger partial charge in [0.1, 0.15) is 18.3 Å². The van der Waals surface area contributed by atoms with Crippen molar-refractivity contribution in [2.75, 3.05) is 13.2 Å². The van der Waals surface area contributed by atoms with Gasteiger partial charge in [0.05, 0.1) is 0 Å². The van der Waals surface area contributed by atoms with E-state index in [4.69, 9.17) is 16.3 Å². The van der Waals surface area contributed by atoms with Crippen LogP contribution in [0.2, 0.25) is 5.02 Å². The SMILES string of the molecule is Cc1cc(Cl)ccc1OCC(=O)N1CC(=O)NC(=O)C1C. The Morgan fingerprint density at radius 2 is 2.19 bits per heavy atom. The first kappa shape index (κ1) is 15.3. The van der Waals surface area contributed by atoms with Crippen LogP contribution in [0.1, 0.15) is 12.5 Å². The number of carbonyl (C=O) groups excluding carboxylic acids is 3. The molecule has 0 aromatic heterocycles. The molecule has 0 saturated carbocycles. The number of benzene rings is 1. The summed E-state index contributed by atoms with van der Waals surface area (Å²) in [4.78, 5) is 36.1. The molecule has 6 nitrogen and oxygen atoms in total. The second-order valence-electron chi connectivity index (χ2n) is 4.81. The second kappa shape index (κ2) is 6.13. The first-order chi connectivity index (χ1) is 9.88. The molecule has 0 bridgehead atoms. The van der Waals surface area contributed by atoms with Gasteiger partial charge < -0.3 is 9.64 Å². The molecule has 1 aromatic rings. The predicted octanol–water partition coefficient (Wildman–Crippen LogP) is 0.901. The van der Waals surface area contributed by atoms with E-state index < -0.39 is 23.8 Å². The van der Waals surface area contributed by atoms with Gasteiger partial charge in [-0.05, 0) is 37.6 Å². The van der Waals surface area contributed by atoms with Crippen LogP contribution in [0.5, 0.6) is 5.75 Å². The van der Waals surface area contributed by atoms with Gasteiger partial charge in [-0.2, -0.15) is 0 Å². The fourth-order valence-electron chi connectivity index (χ4n) is 2.02. The molecule has 21 heavy (non-hydrogen) atoms. The van der Waals surface area contributed by atoms with Crippen LogP contribution in [0.4, 0.5) is 0 Å². The van der Waals surface area contributed by atoms with Crippen LogP contribution in [0, 0.1) is 6.92 Å². The summed E-state index contributed by atoms with van der Waals surface area (Å²) in [5.41, 5.74) is 0.802. The zero-order valence-electron chi connectivity index (χ0n) is 11.7. The number of nitrogens with zero attached hydrogens (tertiary/aromatic N) is 1. The van der Waals surface area contributed by atoms with E-state index in [1.54, 1.807) is 25.1 Å². The molecule has 1 unspecified atom stereocenters. The molecule has 0 spiro atoms. The minimum atomic E-state index is -0.690. The molecule has 1 heterocycles. The molecule has 1 aromatic carbocycles. The maximum Gasteiger partial charge on any atom is 0.261 e. The molecule has 0 aliphatic carbocycles. The molecule has 3 amide bonds. The number of ether oxygens (including phenoxy) is 1. The maximum atomic E-state index is 12.1. The van der Waals surface area contributed by atoms with Gasteiger partial charge in [0.15, 0.2) is 6.61 Å². The van der Waals surface area contributed by atoms with Crippen LogP contribution in [-0.4, -0.2) is 41.8 Å². The van der Waals surface area contributed by atoms with Crippen molar-refractivity contribution in [2.24, 2.45) is 0 Å². The second-order valence-corrected chi connectivity index (χ2v) is 5.24. The van der Waals surface area contributed by atoms with E-state index >= 15 is 0 Å². The predicted molar refractivity (Wildman–Crippen MR) is 76.0 cm³/mol. The quantitative estimate of drug-likeness (QED) is 0.842. The van der Waals surface area contributed by atoms with Crippen molar-refractivity contribution in [3.05, 3.63) is 28.8 Å². The van der Waals surface area contributed by atoms with E-state index in [0.717, 1.165) is 5.56 Å². The van der Waals surface area contributed by atoms with Gasteiger partial charge in [0.2, 0.25) is 11.8 Å². The topological polar surface area (TPSA) is 75.7 Å². The Kier molecular flexibility index (Phi) is 4.47. The lowest BCUT2D eigenvalue weighted by Crippen LogP contribution is -2.59. The number of carbonyl (C=O) groups is 3. The zero-order valence-corrected chi connectivity index (χ0v) is 12.4. The van der Waals surface area contributed by atoms with Gasteiger partial charge in [-0.25, -0.2) is 0 Å². The van der Waals surface area contributed by atoms with Crippen molar-refractivity contribution in [1.82, 2.24) is 10.2 Å². The van der Waals surface area contributed by atoms with Gasteiger partial charge in [-0.15, -0.1) is 0 Å². The molecule has 1 saturated heterocycles. The highest BCUT2D eigenvalue weighted by Gasteiger charge is 2.33. The molecule has 2 rings (SSSR count). The Labute approximate surface area is 127 Å². The molecule has 1 fully saturated rings. The van der Waals surface area contributed by atoms with Crippen LogP contribution < -0.4 is 10.1 Å². The fraction of sp³-hybridized carbons (Fsp3) is 0.357. The molecular weight excluding hydrogens is 296 g/mol. The van der Waals surface area contributed by atoms with E-state index in [-0.39, 0.29) is 13.2 Å². The lowest BCUT2D eigenvalue weighted by atomic mass is 10.2. The number of halogens is 1. The van der Waals surface area contributed by atoms with Crippen molar-refractivity contribution >= 4 is 29.3 Å². The standard InChI is InChI=1S/C14H15ClN2O4/c1-8-5-10(15)3-4-11(8)21-7-13(19)17-6-12(18)16-14(20)9(17)2/h3-5,9H,6-7H2,1-2H3,(H,16,18,20). The smallest absolute Gasteiger partial charge is 0.261 e. The number of amides is 3. The number of aryl methyl sites for hydroxylation is 1. The summed E-state index contributed by atoms with van der Waals surface area (Å²) < 4.78 is 5.43. The van der Waals surface area contributed by atoms with E-state index in [0.29, 0.717) is 10.8 Å². The Bertz CT molecular complexity index is 603. The highest BCUT2D eigenvalue weighted by atomic mass is 35.5. The lowest BCUT2D eigenvalue weighted by Gasteiger charge is -2.31. The number of imide groups is 1. The molecule has 1 atom stereocenters. The van der Waals surface area contributed by atoms with E-state index in [1.807, 2.05) is 6.92 Å². The average molecular weight is 311 g/mol. The third kappa shape index (κ3) is 3.52. The maximum absolute atomic E-state index is 12.1. The summed E-state index contributed by atoms with van der Waals surface area (Å²) >= 11 is 5.84. The van der Waals surface area contributed by atoms with Crippen LogP contribution in [0.25, 0.3) is 0 Å². The molecular formula is C14H15ClN2O4. The number of hydrogen-bond acceptors (Lipinski definition) is 4. The van der Waals surface area contributed by atoms with Gasteiger partial charge in [-0.1, -0.05) is 11.6 Å². The Morgan fingerprint density at radius 1 is 1.48 bits per heavy atom. The van der Waals surface area contributed by atoms with Crippen molar-refractivity contribution in [3.8, 4) is 5.75 Å². The molecule has 112 valence electrons. The summed E-state index contributed by atoms with van der Waals surface area (Å²) in [7, 11) is 0. The van der Waals surface area contributed by atoms with Crippen LogP contribution in [0.3, 0.4) is 0 Å². The number of piperazine rings is 1. The van der Waals surface area contributed by atoms with E-state index in [2.05, 4.69) is 5.32 Å². The summed E-state index contributed by atoms with van der Waals surface area (Å²) in [6, 6.07) is 4.37. The molecule has 7 heteroatoms. The molecule has 1 N–H and O–H groups in total. The first-order valence-electron chi connectivity index (χ1n) is 6.40. The van der Waals surface area contributed by atoms with Crippen molar-refractivity contribution in [1.29, 1.82) is 0 Å². The van der Waals surface area contributed by atoms with E-state index in [1.165, 1.54) is 4.90 Å². The molecule has 0 radical (unpaired) electrons. The van der Waals surface area contributed by atoms with Gasteiger partial charge >= 0.3 is 0 Å². The number of nitrogens with one attached hydrogen (secondary N) is 1. The minimum Gasteiger partial charge on any atom is -0.483 e. The molecule has 1 aliphatic heterocycles. The summed E-state index contributed by atoms with van der Waals surface area (Å²) in [5.74, 6) is -0.857. The van der Waals surface area contributed by atoms with Gasteiger partial charge in [-0.3, -0.25) is 19.7 Å². The first-order valence-corrected chi connectivity index (χ1v) is 6.78. The third-order valence-electron chi connectivity index (χ3n) is 3.23. The fourth-order valence-corrected chi connectivity index (χ4v) is 2.24. The lowest BCUT2D eigenvalue weighted by molar-refractivity contribution is -0.150. The average Bonchev–Trinajstić information content (AvgIpc) is 2.41.